The Hall–Kier alpha value is -3.32. The van der Waals surface area contributed by atoms with E-state index in [9.17, 15) is 13.2 Å². The lowest BCUT2D eigenvalue weighted by atomic mass is 10.1. The summed E-state index contributed by atoms with van der Waals surface area (Å²) in [5, 5.41) is 2.97. The zero-order valence-electron chi connectivity index (χ0n) is 18.0. The summed E-state index contributed by atoms with van der Waals surface area (Å²) in [6.07, 6.45) is 1.00. The van der Waals surface area contributed by atoms with Gasteiger partial charge >= 0.3 is 0 Å². The Balaban J connectivity index is 1.37. The van der Waals surface area contributed by atoms with Crippen molar-refractivity contribution in [2.45, 2.75) is 18.2 Å². The van der Waals surface area contributed by atoms with Gasteiger partial charge in [-0.1, -0.05) is 36.4 Å². The lowest BCUT2D eigenvalue weighted by molar-refractivity contribution is 0.0948. The number of sulfonamides is 1. The fourth-order valence-corrected chi connectivity index (χ4v) is 5.03. The molecule has 0 bridgehead atoms. The Bertz CT molecular complexity index is 1200. The third kappa shape index (κ3) is 5.29. The molecular formula is C25H27N3O3S. The van der Waals surface area contributed by atoms with Gasteiger partial charge in [-0.2, -0.15) is 0 Å². The highest BCUT2D eigenvalue weighted by atomic mass is 32.2. The normalized spacial score (nSPS) is 16.0. The van der Waals surface area contributed by atoms with E-state index in [-0.39, 0.29) is 10.8 Å². The summed E-state index contributed by atoms with van der Waals surface area (Å²) in [6, 6.07) is 23.5. The summed E-state index contributed by atoms with van der Waals surface area (Å²) in [6.45, 7) is 4.30. The lowest BCUT2D eigenvalue weighted by Crippen LogP contribution is -2.31. The maximum Gasteiger partial charge on any atom is 0.261 e. The quantitative estimate of drug-likeness (QED) is 0.570. The molecule has 1 saturated heterocycles. The first-order valence-electron chi connectivity index (χ1n) is 10.7. The van der Waals surface area contributed by atoms with Crippen LogP contribution in [0.5, 0.6) is 0 Å². The molecule has 32 heavy (non-hydrogen) atoms. The molecule has 3 aromatic carbocycles. The molecule has 1 fully saturated rings. The maximum absolute atomic E-state index is 12.8. The van der Waals surface area contributed by atoms with Crippen molar-refractivity contribution in [3.63, 3.8) is 0 Å². The van der Waals surface area contributed by atoms with Crippen LogP contribution in [0.4, 0.5) is 11.4 Å². The average Bonchev–Trinajstić information content (AvgIpc) is 3.27. The van der Waals surface area contributed by atoms with Crippen LogP contribution in [0, 0.1) is 12.8 Å². The zero-order chi connectivity index (χ0) is 22.6. The number of hydrogen-bond acceptors (Lipinski definition) is 4. The van der Waals surface area contributed by atoms with Gasteiger partial charge in [0.05, 0.1) is 4.90 Å². The second-order valence-corrected chi connectivity index (χ2v) is 9.83. The predicted octanol–water partition coefficient (Wildman–Crippen LogP) is 4.05. The highest BCUT2D eigenvalue weighted by Crippen LogP contribution is 2.23. The fourth-order valence-electron chi connectivity index (χ4n) is 3.94. The van der Waals surface area contributed by atoms with Crippen molar-refractivity contribution >= 4 is 27.3 Å². The molecule has 0 saturated carbocycles. The van der Waals surface area contributed by atoms with Gasteiger partial charge in [-0.25, -0.2) is 8.42 Å². The number of carbonyl (C=O) groups excluding carboxylic acids is 1. The maximum atomic E-state index is 12.8. The van der Waals surface area contributed by atoms with E-state index in [1.54, 1.807) is 30.3 Å². The number of benzene rings is 3. The predicted molar refractivity (Wildman–Crippen MR) is 128 cm³/mol. The van der Waals surface area contributed by atoms with Crippen LogP contribution in [0.2, 0.25) is 0 Å². The highest BCUT2D eigenvalue weighted by molar-refractivity contribution is 7.92. The number of para-hydroxylation sites is 1. The summed E-state index contributed by atoms with van der Waals surface area (Å²) in [5.74, 6) is 0.0878. The smallest absolute Gasteiger partial charge is 0.261 e. The molecular weight excluding hydrogens is 422 g/mol. The van der Waals surface area contributed by atoms with Crippen molar-refractivity contribution < 1.29 is 13.2 Å². The Morgan fingerprint density at radius 3 is 2.56 bits per heavy atom. The Kier molecular flexibility index (Phi) is 6.46. The van der Waals surface area contributed by atoms with Crippen LogP contribution in [-0.2, 0) is 10.0 Å². The van der Waals surface area contributed by atoms with Gasteiger partial charge in [0, 0.05) is 36.6 Å². The molecule has 0 aromatic heterocycles. The van der Waals surface area contributed by atoms with Crippen LogP contribution in [0.1, 0.15) is 22.3 Å². The average molecular weight is 450 g/mol. The zero-order valence-corrected chi connectivity index (χ0v) is 18.8. The van der Waals surface area contributed by atoms with Crippen molar-refractivity contribution in [2.75, 3.05) is 29.3 Å². The second-order valence-electron chi connectivity index (χ2n) is 8.15. The number of aryl methyl sites for hydroxylation is 1. The summed E-state index contributed by atoms with van der Waals surface area (Å²) in [5.41, 5.74) is 2.97. The first kappa shape index (κ1) is 21.9. The third-order valence-electron chi connectivity index (χ3n) is 5.64. The molecule has 0 aliphatic carbocycles. The fraction of sp³-hybridized carbons (Fsp3) is 0.240. The van der Waals surface area contributed by atoms with E-state index < -0.39 is 10.0 Å². The number of nitrogens with one attached hydrogen (secondary N) is 2. The summed E-state index contributed by atoms with van der Waals surface area (Å²) >= 11 is 0. The standard InChI is InChI=1S/C25H27N3O3S/c1-19-7-5-9-22(15-19)27-32(30,31)24-12-6-8-21(16-24)25(29)26-17-20-13-14-28(18-20)23-10-3-2-4-11-23/h2-12,15-16,20,27H,13-14,17-18H2,1H3,(H,26,29). The molecule has 1 unspecified atom stereocenters. The number of amides is 1. The Labute approximate surface area is 189 Å². The first-order chi connectivity index (χ1) is 15.4. The number of anilines is 2. The van der Waals surface area contributed by atoms with Crippen molar-refractivity contribution in [1.82, 2.24) is 5.32 Å². The van der Waals surface area contributed by atoms with E-state index >= 15 is 0 Å². The van der Waals surface area contributed by atoms with Crippen molar-refractivity contribution in [2.24, 2.45) is 5.92 Å². The number of rotatable bonds is 7. The van der Waals surface area contributed by atoms with Crippen LogP contribution >= 0.6 is 0 Å². The minimum Gasteiger partial charge on any atom is -0.371 e. The molecule has 2 N–H and O–H groups in total. The topological polar surface area (TPSA) is 78.5 Å². The molecule has 0 radical (unpaired) electrons. The molecule has 7 heteroatoms. The van der Waals surface area contributed by atoms with E-state index in [4.69, 9.17) is 0 Å². The Morgan fingerprint density at radius 1 is 1.00 bits per heavy atom. The van der Waals surface area contributed by atoms with E-state index in [2.05, 4.69) is 27.1 Å². The van der Waals surface area contributed by atoms with Crippen molar-refractivity contribution in [1.29, 1.82) is 0 Å². The van der Waals surface area contributed by atoms with Crippen LogP contribution in [0.25, 0.3) is 0 Å². The monoisotopic (exact) mass is 449 g/mol. The minimum absolute atomic E-state index is 0.0581. The van der Waals surface area contributed by atoms with E-state index in [1.807, 2.05) is 31.2 Å². The van der Waals surface area contributed by atoms with Crippen LogP contribution in [0.3, 0.4) is 0 Å². The van der Waals surface area contributed by atoms with Crippen molar-refractivity contribution in [3.05, 3.63) is 90.0 Å². The van der Waals surface area contributed by atoms with Gasteiger partial charge in [0.1, 0.15) is 0 Å². The third-order valence-corrected chi connectivity index (χ3v) is 7.01. The van der Waals surface area contributed by atoms with Gasteiger partial charge in [0.15, 0.2) is 0 Å². The highest BCUT2D eigenvalue weighted by Gasteiger charge is 2.23. The van der Waals surface area contributed by atoms with Crippen LogP contribution in [0.15, 0.2) is 83.8 Å². The van der Waals surface area contributed by atoms with Gasteiger partial charge in [-0.05, 0) is 67.3 Å². The molecule has 166 valence electrons. The van der Waals surface area contributed by atoms with Crippen LogP contribution in [-0.4, -0.2) is 34.0 Å². The molecule has 0 spiro atoms. The summed E-state index contributed by atoms with van der Waals surface area (Å²) in [7, 11) is -3.79. The Morgan fingerprint density at radius 2 is 1.78 bits per heavy atom. The van der Waals surface area contributed by atoms with E-state index in [0.29, 0.717) is 23.7 Å². The second kappa shape index (κ2) is 9.44. The van der Waals surface area contributed by atoms with Gasteiger partial charge in [0.2, 0.25) is 0 Å². The molecule has 3 aromatic rings. The lowest BCUT2D eigenvalue weighted by Gasteiger charge is -2.18. The molecule has 1 heterocycles. The largest absolute Gasteiger partial charge is 0.371 e. The molecule has 4 rings (SSSR count). The molecule has 1 atom stereocenters. The van der Waals surface area contributed by atoms with Gasteiger partial charge in [0.25, 0.3) is 15.9 Å². The molecule has 6 nitrogen and oxygen atoms in total. The van der Waals surface area contributed by atoms with E-state index in [0.717, 1.165) is 25.1 Å². The number of hydrogen-bond donors (Lipinski definition) is 2. The van der Waals surface area contributed by atoms with Gasteiger partial charge < -0.3 is 10.2 Å². The number of nitrogens with zero attached hydrogens (tertiary/aromatic N) is 1. The van der Waals surface area contributed by atoms with Gasteiger partial charge in [-0.3, -0.25) is 9.52 Å². The van der Waals surface area contributed by atoms with E-state index in [1.165, 1.54) is 17.8 Å². The summed E-state index contributed by atoms with van der Waals surface area (Å²) < 4.78 is 28.1. The first-order valence-corrected chi connectivity index (χ1v) is 12.2. The van der Waals surface area contributed by atoms with Crippen molar-refractivity contribution in [3.8, 4) is 0 Å². The molecule has 1 aliphatic heterocycles. The molecule has 1 amide bonds. The molecule has 1 aliphatic rings. The van der Waals surface area contributed by atoms with Gasteiger partial charge in [-0.15, -0.1) is 0 Å². The SMILES string of the molecule is Cc1cccc(NS(=O)(=O)c2cccc(C(=O)NCC3CCN(c4ccccc4)C3)c2)c1. The van der Waals surface area contributed by atoms with Crippen LogP contribution < -0.4 is 14.9 Å². The number of carbonyl (C=O) groups is 1. The summed E-state index contributed by atoms with van der Waals surface area (Å²) in [4.78, 5) is 15.1. The minimum atomic E-state index is -3.79.